The topological polar surface area (TPSA) is 55.1 Å². The Morgan fingerprint density at radius 3 is 3.00 bits per heavy atom. The van der Waals surface area contributed by atoms with Crippen molar-refractivity contribution < 1.29 is 9.18 Å². The normalized spacial score (nSPS) is 14.2. The average Bonchev–Trinajstić information content (AvgIpc) is 2.29. The maximum absolute atomic E-state index is 12.7. The van der Waals surface area contributed by atoms with E-state index in [4.69, 9.17) is 5.73 Å². The number of benzene rings is 1. The van der Waals surface area contributed by atoms with Crippen LogP contribution in [-0.4, -0.2) is 5.91 Å². The first-order valence-corrected chi connectivity index (χ1v) is 3.54. The zero-order valence-corrected chi connectivity index (χ0v) is 6.23. The fourth-order valence-electron chi connectivity index (χ4n) is 1.33. The molecule has 1 aliphatic rings. The first kappa shape index (κ1) is 7.09. The van der Waals surface area contributed by atoms with Crippen molar-refractivity contribution in [3.8, 4) is 0 Å². The highest BCUT2D eigenvalue weighted by molar-refractivity contribution is 6.02. The third-order valence-electron chi connectivity index (χ3n) is 1.83. The molecule has 4 heteroatoms. The van der Waals surface area contributed by atoms with E-state index in [-0.39, 0.29) is 18.0 Å². The fraction of sp³-hybridized carbons (Fsp3) is 0.125. The molecule has 0 aliphatic carbocycles. The molecular formula is C8H7FN2O. The largest absolute Gasteiger partial charge is 0.397 e. The number of carbonyl (C=O) groups is 1. The minimum atomic E-state index is -0.400. The van der Waals surface area contributed by atoms with Gasteiger partial charge in [-0.15, -0.1) is 0 Å². The fourth-order valence-corrected chi connectivity index (χ4v) is 1.33. The highest BCUT2D eigenvalue weighted by Gasteiger charge is 2.20. The van der Waals surface area contributed by atoms with E-state index in [0.717, 1.165) is 0 Å². The number of fused-ring (bicyclic) bond motifs is 1. The number of carbonyl (C=O) groups excluding carboxylic acids is 1. The van der Waals surface area contributed by atoms with Crippen molar-refractivity contribution in [2.45, 2.75) is 6.42 Å². The highest BCUT2D eigenvalue weighted by atomic mass is 19.1. The number of halogens is 1. The van der Waals surface area contributed by atoms with Gasteiger partial charge in [-0.25, -0.2) is 4.39 Å². The van der Waals surface area contributed by atoms with Crippen LogP contribution >= 0.6 is 0 Å². The van der Waals surface area contributed by atoms with Gasteiger partial charge < -0.3 is 11.1 Å². The van der Waals surface area contributed by atoms with E-state index in [2.05, 4.69) is 5.32 Å². The molecule has 3 N–H and O–H groups in total. The Hall–Kier alpha value is -1.58. The van der Waals surface area contributed by atoms with Crippen LogP contribution in [0.4, 0.5) is 15.8 Å². The van der Waals surface area contributed by atoms with Crippen LogP contribution in [0.2, 0.25) is 0 Å². The zero-order chi connectivity index (χ0) is 8.72. The molecule has 0 bridgehead atoms. The molecule has 0 saturated heterocycles. The molecular weight excluding hydrogens is 159 g/mol. The van der Waals surface area contributed by atoms with Gasteiger partial charge in [-0.05, 0) is 17.7 Å². The molecule has 2 rings (SSSR count). The Kier molecular flexibility index (Phi) is 1.30. The number of amides is 1. The number of nitrogens with one attached hydrogen (secondary N) is 1. The van der Waals surface area contributed by atoms with E-state index in [9.17, 15) is 9.18 Å². The number of rotatable bonds is 0. The quantitative estimate of drug-likeness (QED) is 0.562. The Labute approximate surface area is 68.4 Å². The van der Waals surface area contributed by atoms with Crippen molar-refractivity contribution in [2.75, 3.05) is 11.1 Å². The second kappa shape index (κ2) is 2.20. The van der Waals surface area contributed by atoms with E-state index in [1.165, 1.54) is 12.1 Å². The minimum Gasteiger partial charge on any atom is -0.397 e. The number of hydrogen-bond donors (Lipinski definition) is 2. The molecule has 0 spiro atoms. The summed E-state index contributed by atoms with van der Waals surface area (Å²) in [6.07, 6.45) is 0.220. The molecule has 0 unspecified atom stereocenters. The van der Waals surface area contributed by atoms with Crippen molar-refractivity contribution in [3.05, 3.63) is 23.5 Å². The van der Waals surface area contributed by atoms with Crippen LogP contribution in [-0.2, 0) is 11.2 Å². The van der Waals surface area contributed by atoms with Gasteiger partial charge in [0.2, 0.25) is 5.91 Å². The summed E-state index contributed by atoms with van der Waals surface area (Å²) in [4.78, 5) is 10.9. The number of nitrogens with two attached hydrogens (primary N) is 1. The predicted molar refractivity (Wildman–Crippen MR) is 43.1 cm³/mol. The molecule has 1 aliphatic heterocycles. The Morgan fingerprint density at radius 1 is 1.50 bits per heavy atom. The SMILES string of the molecule is Nc1cc(F)cc2c1NC(=O)C2. The molecule has 1 aromatic rings. The van der Waals surface area contributed by atoms with Crippen molar-refractivity contribution in [1.82, 2.24) is 0 Å². The second-order valence-corrected chi connectivity index (χ2v) is 2.75. The van der Waals surface area contributed by atoms with E-state index < -0.39 is 5.82 Å². The van der Waals surface area contributed by atoms with Gasteiger partial charge in [0.1, 0.15) is 5.82 Å². The van der Waals surface area contributed by atoms with Crippen molar-refractivity contribution in [2.24, 2.45) is 0 Å². The second-order valence-electron chi connectivity index (χ2n) is 2.75. The van der Waals surface area contributed by atoms with E-state index in [1.807, 2.05) is 0 Å². The third kappa shape index (κ3) is 0.922. The van der Waals surface area contributed by atoms with Crippen LogP contribution in [0.1, 0.15) is 5.56 Å². The predicted octanol–water partition coefficient (Wildman–Crippen LogP) is 0.903. The van der Waals surface area contributed by atoms with Crippen molar-refractivity contribution >= 4 is 17.3 Å². The lowest BCUT2D eigenvalue weighted by atomic mass is 10.1. The average molecular weight is 166 g/mol. The first-order chi connectivity index (χ1) is 5.66. The zero-order valence-electron chi connectivity index (χ0n) is 6.23. The molecule has 3 nitrogen and oxygen atoms in total. The summed E-state index contributed by atoms with van der Waals surface area (Å²) in [6, 6.07) is 2.52. The maximum Gasteiger partial charge on any atom is 0.228 e. The standard InChI is InChI=1S/C8H7FN2O/c9-5-1-4-2-7(12)11-8(4)6(10)3-5/h1,3H,2,10H2,(H,11,12). The minimum absolute atomic E-state index is 0.137. The summed E-state index contributed by atoms with van der Waals surface area (Å²) in [5, 5.41) is 2.56. The van der Waals surface area contributed by atoms with Gasteiger partial charge in [0, 0.05) is 0 Å². The van der Waals surface area contributed by atoms with Crippen LogP contribution in [0, 0.1) is 5.82 Å². The summed E-state index contributed by atoms with van der Waals surface area (Å²) >= 11 is 0. The summed E-state index contributed by atoms with van der Waals surface area (Å²) < 4.78 is 12.7. The van der Waals surface area contributed by atoms with Crippen LogP contribution in [0.5, 0.6) is 0 Å². The van der Waals surface area contributed by atoms with Gasteiger partial charge in [0.25, 0.3) is 0 Å². The van der Waals surface area contributed by atoms with Crippen molar-refractivity contribution in [3.63, 3.8) is 0 Å². The Balaban J connectivity index is 2.59. The summed E-state index contributed by atoms with van der Waals surface area (Å²) in [7, 11) is 0. The molecule has 0 atom stereocenters. The van der Waals surface area contributed by atoms with Gasteiger partial charge in [-0.3, -0.25) is 4.79 Å². The molecule has 0 saturated carbocycles. The smallest absolute Gasteiger partial charge is 0.228 e. The maximum atomic E-state index is 12.7. The number of anilines is 2. The van der Waals surface area contributed by atoms with Gasteiger partial charge in [-0.1, -0.05) is 0 Å². The van der Waals surface area contributed by atoms with E-state index >= 15 is 0 Å². The van der Waals surface area contributed by atoms with Crippen LogP contribution in [0.15, 0.2) is 12.1 Å². The first-order valence-electron chi connectivity index (χ1n) is 3.54. The summed E-state index contributed by atoms with van der Waals surface area (Å²) in [6.45, 7) is 0. The van der Waals surface area contributed by atoms with Crippen molar-refractivity contribution in [1.29, 1.82) is 0 Å². The Bertz CT molecular complexity index is 362. The van der Waals surface area contributed by atoms with Gasteiger partial charge in [0.05, 0.1) is 17.8 Å². The molecule has 0 fully saturated rings. The summed E-state index contributed by atoms with van der Waals surface area (Å²) in [5.41, 5.74) is 6.96. The molecule has 62 valence electrons. The lowest BCUT2D eigenvalue weighted by Gasteiger charge is -2.02. The molecule has 0 radical (unpaired) electrons. The van der Waals surface area contributed by atoms with E-state index in [1.54, 1.807) is 0 Å². The van der Waals surface area contributed by atoms with Gasteiger partial charge in [-0.2, -0.15) is 0 Å². The van der Waals surface area contributed by atoms with Crippen LogP contribution < -0.4 is 11.1 Å². The molecule has 1 aromatic carbocycles. The molecule has 1 heterocycles. The monoisotopic (exact) mass is 166 g/mol. The molecule has 12 heavy (non-hydrogen) atoms. The lowest BCUT2D eigenvalue weighted by molar-refractivity contribution is -0.115. The van der Waals surface area contributed by atoms with Gasteiger partial charge >= 0.3 is 0 Å². The molecule has 1 amide bonds. The van der Waals surface area contributed by atoms with Crippen LogP contribution in [0.3, 0.4) is 0 Å². The van der Waals surface area contributed by atoms with Crippen LogP contribution in [0.25, 0.3) is 0 Å². The van der Waals surface area contributed by atoms with Gasteiger partial charge in [0.15, 0.2) is 0 Å². The number of hydrogen-bond acceptors (Lipinski definition) is 2. The third-order valence-corrected chi connectivity index (χ3v) is 1.83. The highest BCUT2D eigenvalue weighted by Crippen LogP contribution is 2.29. The van der Waals surface area contributed by atoms with E-state index in [0.29, 0.717) is 11.3 Å². The molecule has 0 aromatic heterocycles. The Morgan fingerprint density at radius 2 is 2.25 bits per heavy atom. The lowest BCUT2D eigenvalue weighted by Crippen LogP contribution is -2.04. The number of nitrogen functional groups attached to an aromatic ring is 1. The summed E-state index contributed by atoms with van der Waals surface area (Å²) in [5.74, 6) is -0.537.